The maximum absolute atomic E-state index is 13.0. The third kappa shape index (κ3) is 2.35. The number of nitrogens with one attached hydrogen (secondary N) is 1. The lowest BCUT2D eigenvalue weighted by atomic mass is 10.3. The van der Waals surface area contributed by atoms with E-state index in [1.807, 2.05) is 0 Å². The topological polar surface area (TPSA) is 67.2 Å². The molecule has 90 valence electrons. The monoisotopic (exact) mass is 237 g/mol. The summed E-state index contributed by atoms with van der Waals surface area (Å²) in [5.41, 5.74) is 1.34. The lowest BCUT2D eigenvalue weighted by molar-refractivity contribution is -0.136. The van der Waals surface area contributed by atoms with Crippen molar-refractivity contribution in [2.75, 3.05) is 11.9 Å². The molecule has 0 fully saturated rings. The predicted molar refractivity (Wildman–Crippen MR) is 61.4 cm³/mol. The number of halogens is 1. The highest BCUT2D eigenvalue weighted by molar-refractivity contribution is 5.78. The molecule has 1 aromatic heterocycles. The summed E-state index contributed by atoms with van der Waals surface area (Å²) in [6, 6.07) is 4.33. The standard InChI is InChI=1S/C11H12FN3O2/c1-15-9-6-7(12)2-3-8(9)14-11(15)13-5-4-10(16)17/h2-3,6H,4-5H2,1H3,(H,13,14)(H,16,17). The highest BCUT2D eigenvalue weighted by atomic mass is 19.1. The van der Waals surface area contributed by atoms with Gasteiger partial charge in [-0.05, 0) is 18.2 Å². The number of fused-ring (bicyclic) bond motifs is 1. The maximum atomic E-state index is 13.0. The second kappa shape index (κ2) is 4.40. The van der Waals surface area contributed by atoms with E-state index in [9.17, 15) is 9.18 Å². The van der Waals surface area contributed by atoms with E-state index >= 15 is 0 Å². The van der Waals surface area contributed by atoms with E-state index in [-0.39, 0.29) is 18.8 Å². The zero-order chi connectivity index (χ0) is 12.4. The van der Waals surface area contributed by atoms with Crippen LogP contribution in [0.4, 0.5) is 10.3 Å². The number of hydrogen-bond donors (Lipinski definition) is 2. The van der Waals surface area contributed by atoms with Crippen LogP contribution in [0.15, 0.2) is 18.2 Å². The summed E-state index contributed by atoms with van der Waals surface area (Å²) in [4.78, 5) is 14.6. The summed E-state index contributed by atoms with van der Waals surface area (Å²) in [5, 5.41) is 11.4. The largest absolute Gasteiger partial charge is 0.481 e. The smallest absolute Gasteiger partial charge is 0.305 e. The number of carbonyl (C=O) groups is 1. The van der Waals surface area contributed by atoms with Crippen molar-refractivity contribution in [2.24, 2.45) is 7.05 Å². The fourth-order valence-electron chi connectivity index (χ4n) is 1.60. The van der Waals surface area contributed by atoms with Crippen molar-refractivity contribution in [3.8, 4) is 0 Å². The number of carboxylic acid groups (broad SMARTS) is 1. The molecule has 0 unspecified atom stereocenters. The van der Waals surface area contributed by atoms with Gasteiger partial charge in [-0.15, -0.1) is 0 Å². The zero-order valence-electron chi connectivity index (χ0n) is 9.27. The molecule has 0 aliphatic carbocycles. The van der Waals surface area contributed by atoms with E-state index < -0.39 is 5.97 Å². The van der Waals surface area contributed by atoms with Crippen molar-refractivity contribution in [3.05, 3.63) is 24.0 Å². The Morgan fingerprint density at radius 1 is 1.59 bits per heavy atom. The van der Waals surface area contributed by atoms with E-state index in [4.69, 9.17) is 5.11 Å². The van der Waals surface area contributed by atoms with Gasteiger partial charge in [-0.1, -0.05) is 0 Å². The van der Waals surface area contributed by atoms with Gasteiger partial charge in [0.25, 0.3) is 0 Å². The first-order valence-corrected chi connectivity index (χ1v) is 5.15. The van der Waals surface area contributed by atoms with Crippen LogP contribution in [0.25, 0.3) is 11.0 Å². The van der Waals surface area contributed by atoms with Gasteiger partial charge in [0.15, 0.2) is 0 Å². The molecule has 0 saturated carbocycles. The van der Waals surface area contributed by atoms with Crippen molar-refractivity contribution < 1.29 is 14.3 Å². The van der Waals surface area contributed by atoms with Gasteiger partial charge in [0.1, 0.15) is 5.82 Å². The molecule has 0 amide bonds. The van der Waals surface area contributed by atoms with Crippen molar-refractivity contribution in [1.82, 2.24) is 9.55 Å². The number of benzene rings is 1. The molecule has 0 aliphatic rings. The molecule has 17 heavy (non-hydrogen) atoms. The first-order valence-electron chi connectivity index (χ1n) is 5.15. The van der Waals surface area contributed by atoms with E-state index in [0.29, 0.717) is 17.0 Å². The van der Waals surface area contributed by atoms with Crippen LogP contribution in [0.5, 0.6) is 0 Å². The summed E-state index contributed by atoms with van der Waals surface area (Å²) < 4.78 is 14.7. The first kappa shape index (κ1) is 11.4. The Balaban J connectivity index is 2.23. The Morgan fingerprint density at radius 2 is 2.35 bits per heavy atom. The molecular weight excluding hydrogens is 225 g/mol. The molecule has 0 spiro atoms. The van der Waals surface area contributed by atoms with E-state index in [1.54, 1.807) is 17.7 Å². The second-order valence-corrected chi connectivity index (χ2v) is 3.70. The Hall–Kier alpha value is -2.11. The fourth-order valence-corrected chi connectivity index (χ4v) is 1.60. The van der Waals surface area contributed by atoms with Crippen LogP contribution in [0, 0.1) is 5.82 Å². The van der Waals surface area contributed by atoms with Gasteiger partial charge >= 0.3 is 5.97 Å². The van der Waals surface area contributed by atoms with Crippen LogP contribution in [0.2, 0.25) is 0 Å². The van der Waals surface area contributed by atoms with E-state index in [2.05, 4.69) is 10.3 Å². The minimum Gasteiger partial charge on any atom is -0.481 e. The number of aryl methyl sites for hydroxylation is 1. The normalized spacial score (nSPS) is 10.7. The number of nitrogens with zero attached hydrogens (tertiary/aromatic N) is 2. The molecule has 0 bridgehead atoms. The number of anilines is 1. The molecule has 2 aromatic rings. The van der Waals surface area contributed by atoms with Crippen LogP contribution >= 0.6 is 0 Å². The SMILES string of the molecule is Cn1c(NCCC(=O)O)nc2ccc(F)cc21. The van der Waals surface area contributed by atoms with Crippen molar-refractivity contribution in [2.45, 2.75) is 6.42 Å². The molecule has 6 heteroatoms. The van der Waals surface area contributed by atoms with Gasteiger partial charge in [-0.25, -0.2) is 9.37 Å². The Morgan fingerprint density at radius 3 is 3.06 bits per heavy atom. The van der Waals surface area contributed by atoms with E-state index in [0.717, 1.165) is 0 Å². The van der Waals surface area contributed by atoms with Gasteiger partial charge < -0.3 is 15.0 Å². The van der Waals surface area contributed by atoms with Gasteiger partial charge in [-0.3, -0.25) is 4.79 Å². The average Bonchev–Trinajstić information content (AvgIpc) is 2.56. The molecule has 0 saturated heterocycles. The minimum absolute atomic E-state index is 0.0115. The first-order chi connectivity index (χ1) is 8.08. The third-order valence-electron chi connectivity index (χ3n) is 2.46. The summed E-state index contributed by atoms with van der Waals surface area (Å²) in [7, 11) is 1.75. The molecule has 2 rings (SSSR count). The van der Waals surface area contributed by atoms with Gasteiger partial charge in [0.05, 0.1) is 17.5 Å². The number of rotatable bonds is 4. The van der Waals surface area contributed by atoms with E-state index in [1.165, 1.54) is 12.1 Å². The summed E-state index contributed by atoms with van der Waals surface area (Å²) in [6.07, 6.45) is 0.0115. The summed E-state index contributed by atoms with van der Waals surface area (Å²) in [5.74, 6) is -0.660. The van der Waals surface area contributed by atoms with Crippen molar-refractivity contribution >= 4 is 23.0 Å². The van der Waals surface area contributed by atoms with Crippen LogP contribution in [-0.2, 0) is 11.8 Å². The Kier molecular flexibility index (Phi) is 2.95. The maximum Gasteiger partial charge on any atom is 0.305 e. The minimum atomic E-state index is -0.873. The highest BCUT2D eigenvalue weighted by Gasteiger charge is 2.08. The number of aliphatic carboxylic acids is 1. The van der Waals surface area contributed by atoms with Gasteiger partial charge in [-0.2, -0.15) is 0 Å². The second-order valence-electron chi connectivity index (χ2n) is 3.70. The molecule has 0 aliphatic heterocycles. The van der Waals surface area contributed by atoms with Crippen LogP contribution in [-0.4, -0.2) is 27.2 Å². The van der Waals surface area contributed by atoms with Crippen LogP contribution < -0.4 is 5.32 Å². The molecule has 2 N–H and O–H groups in total. The van der Waals surface area contributed by atoms with Crippen LogP contribution in [0.3, 0.4) is 0 Å². The highest BCUT2D eigenvalue weighted by Crippen LogP contribution is 2.18. The molecule has 0 radical (unpaired) electrons. The number of carboxylic acids is 1. The summed E-state index contributed by atoms with van der Waals surface area (Å²) >= 11 is 0. The van der Waals surface area contributed by atoms with Gasteiger partial charge in [0.2, 0.25) is 5.95 Å². The Labute approximate surface area is 96.9 Å². The Bertz CT molecular complexity index is 565. The molecule has 0 atom stereocenters. The number of imidazole rings is 1. The quantitative estimate of drug-likeness (QED) is 0.847. The molecular formula is C11H12FN3O2. The fraction of sp³-hybridized carbons (Fsp3) is 0.273. The van der Waals surface area contributed by atoms with Crippen molar-refractivity contribution in [1.29, 1.82) is 0 Å². The lowest BCUT2D eigenvalue weighted by Gasteiger charge is -2.03. The van der Waals surface area contributed by atoms with Crippen molar-refractivity contribution in [3.63, 3.8) is 0 Å². The third-order valence-corrected chi connectivity index (χ3v) is 2.46. The lowest BCUT2D eigenvalue weighted by Crippen LogP contribution is -2.10. The molecule has 1 aromatic carbocycles. The predicted octanol–water partition coefficient (Wildman–Crippen LogP) is 1.60. The van der Waals surface area contributed by atoms with Crippen LogP contribution in [0.1, 0.15) is 6.42 Å². The average molecular weight is 237 g/mol. The number of hydrogen-bond acceptors (Lipinski definition) is 3. The number of aromatic nitrogens is 2. The summed E-state index contributed by atoms with van der Waals surface area (Å²) in [6.45, 7) is 0.287. The molecule has 5 nitrogen and oxygen atoms in total. The van der Waals surface area contributed by atoms with Gasteiger partial charge in [0, 0.05) is 13.6 Å². The zero-order valence-corrected chi connectivity index (χ0v) is 9.27. The molecule has 1 heterocycles.